The van der Waals surface area contributed by atoms with E-state index in [2.05, 4.69) is 9.97 Å². The first-order valence-corrected chi connectivity index (χ1v) is 4.54. The molecule has 5 heteroatoms. The van der Waals surface area contributed by atoms with Gasteiger partial charge in [-0.15, -0.1) is 0 Å². The minimum Gasteiger partial charge on any atom is -0.298 e. The first-order chi connectivity index (χ1) is 6.70. The molecule has 1 aromatic heterocycles. The third-order valence-corrected chi connectivity index (χ3v) is 2.24. The van der Waals surface area contributed by atoms with Crippen LogP contribution in [0.2, 0.25) is 10.4 Å². The van der Waals surface area contributed by atoms with Crippen LogP contribution >= 0.6 is 23.2 Å². The normalized spacial score (nSPS) is 10.4. The molecule has 0 aliphatic heterocycles. The van der Waals surface area contributed by atoms with E-state index in [1.165, 1.54) is 0 Å². The van der Waals surface area contributed by atoms with Crippen LogP contribution in [0.3, 0.4) is 0 Å². The number of hydrogen-bond acceptors (Lipinski definition) is 3. The average molecular weight is 227 g/mol. The van der Waals surface area contributed by atoms with E-state index >= 15 is 0 Å². The fraction of sp³-hybridized carbons (Fsp3) is 0. The van der Waals surface area contributed by atoms with Gasteiger partial charge >= 0.3 is 0 Å². The number of halogens is 2. The standard InChI is InChI=1S/C9H4Cl2N2O/c10-8-6-2-1-5(4-14)3-7(6)12-9(11)13-8/h1-4H. The number of rotatable bonds is 1. The van der Waals surface area contributed by atoms with Crippen LogP contribution in [0.1, 0.15) is 10.4 Å². The lowest BCUT2D eigenvalue weighted by Gasteiger charge is -2.00. The van der Waals surface area contributed by atoms with Gasteiger partial charge in [0.15, 0.2) is 0 Å². The third-order valence-electron chi connectivity index (χ3n) is 1.78. The van der Waals surface area contributed by atoms with E-state index in [1.54, 1.807) is 18.2 Å². The zero-order chi connectivity index (χ0) is 10.1. The summed E-state index contributed by atoms with van der Waals surface area (Å²) in [5.74, 6) is 0. The molecular formula is C9H4Cl2N2O. The maximum Gasteiger partial charge on any atom is 0.224 e. The molecule has 0 spiro atoms. The number of aldehydes is 1. The number of fused-ring (bicyclic) bond motifs is 1. The number of carbonyl (C=O) groups excluding carboxylic acids is 1. The summed E-state index contributed by atoms with van der Waals surface area (Å²) >= 11 is 11.5. The number of hydrogen-bond donors (Lipinski definition) is 0. The van der Waals surface area contributed by atoms with E-state index in [4.69, 9.17) is 23.2 Å². The molecule has 0 aliphatic rings. The van der Waals surface area contributed by atoms with E-state index in [1.807, 2.05) is 0 Å². The summed E-state index contributed by atoms with van der Waals surface area (Å²) in [6.45, 7) is 0. The molecule has 0 radical (unpaired) electrons. The molecule has 1 heterocycles. The Kier molecular flexibility index (Phi) is 2.35. The molecule has 70 valence electrons. The van der Waals surface area contributed by atoms with Gasteiger partial charge in [0.25, 0.3) is 0 Å². The fourth-order valence-corrected chi connectivity index (χ4v) is 1.61. The van der Waals surface area contributed by atoms with Crippen LogP contribution in [0.15, 0.2) is 18.2 Å². The molecule has 0 saturated heterocycles. The van der Waals surface area contributed by atoms with Crippen molar-refractivity contribution in [2.75, 3.05) is 0 Å². The molecule has 3 nitrogen and oxygen atoms in total. The van der Waals surface area contributed by atoms with Gasteiger partial charge in [-0.3, -0.25) is 4.79 Å². The van der Waals surface area contributed by atoms with Crippen molar-refractivity contribution in [1.29, 1.82) is 0 Å². The van der Waals surface area contributed by atoms with Crippen LogP contribution in [0.25, 0.3) is 10.9 Å². The molecular weight excluding hydrogens is 223 g/mol. The number of benzene rings is 1. The largest absolute Gasteiger partial charge is 0.298 e. The van der Waals surface area contributed by atoms with Gasteiger partial charge in [-0.1, -0.05) is 17.7 Å². The Morgan fingerprint density at radius 1 is 1.21 bits per heavy atom. The van der Waals surface area contributed by atoms with Crippen molar-refractivity contribution < 1.29 is 4.79 Å². The Balaban J connectivity index is 2.81. The highest BCUT2D eigenvalue weighted by Gasteiger charge is 2.04. The number of nitrogens with zero attached hydrogens (tertiary/aromatic N) is 2. The van der Waals surface area contributed by atoms with Crippen molar-refractivity contribution in [2.45, 2.75) is 0 Å². The fourth-order valence-electron chi connectivity index (χ4n) is 1.15. The minimum atomic E-state index is 0.0746. The van der Waals surface area contributed by atoms with Crippen molar-refractivity contribution in [3.63, 3.8) is 0 Å². The van der Waals surface area contributed by atoms with E-state index in [0.29, 0.717) is 16.5 Å². The Morgan fingerprint density at radius 3 is 2.71 bits per heavy atom. The summed E-state index contributed by atoms with van der Waals surface area (Å²) in [5.41, 5.74) is 1.10. The Hall–Kier alpha value is -1.19. The van der Waals surface area contributed by atoms with Gasteiger partial charge in [0.1, 0.15) is 11.4 Å². The van der Waals surface area contributed by atoms with Gasteiger partial charge in [0.05, 0.1) is 5.52 Å². The van der Waals surface area contributed by atoms with Crippen molar-refractivity contribution >= 4 is 40.4 Å². The topological polar surface area (TPSA) is 42.9 Å². The zero-order valence-corrected chi connectivity index (χ0v) is 8.38. The van der Waals surface area contributed by atoms with E-state index < -0.39 is 0 Å². The first kappa shape index (κ1) is 9.37. The molecule has 2 rings (SSSR count). The molecule has 0 unspecified atom stereocenters. The van der Waals surface area contributed by atoms with Crippen LogP contribution in [-0.4, -0.2) is 16.3 Å². The summed E-state index contributed by atoms with van der Waals surface area (Å²) in [6, 6.07) is 4.96. The van der Waals surface area contributed by atoms with Gasteiger partial charge in [-0.25, -0.2) is 9.97 Å². The predicted molar refractivity (Wildman–Crippen MR) is 54.9 cm³/mol. The van der Waals surface area contributed by atoms with Crippen molar-refractivity contribution in [1.82, 2.24) is 9.97 Å². The SMILES string of the molecule is O=Cc1ccc2c(Cl)nc(Cl)nc2c1. The number of aromatic nitrogens is 2. The molecule has 0 fully saturated rings. The second kappa shape index (κ2) is 3.52. The first-order valence-electron chi connectivity index (χ1n) is 3.78. The van der Waals surface area contributed by atoms with Crippen LogP contribution in [-0.2, 0) is 0 Å². The van der Waals surface area contributed by atoms with E-state index in [-0.39, 0.29) is 10.4 Å². The molecule has 2 aromatic rings. The van der Waals surface area contributed by atoms with E-state index in [0.717, 1.165) is 6.29 Å². The van der Waals surface area contributed by atoms with Crippen molar-refractivity contribution in [3.8, 4) is 0 Å². The molecule has 0 aliphatic carbocycles. The van der Waals surface area contributed by atoms with Crippen LogP contribution < -0.4 is 0 Å². The highest BCUT2D eigenvalue weighted by atomic mass is 35.5. The smallest absolute Gasteiger partial charge is 0.224 e. The maximum absolute atomic E-state index is 10.5. The minimum absolute atomic E-state index is 0.0746. The molecule has 14 heavy (non-hydrogen) atoms. The van der Waals surface area contributed by atoms with Crippen LogP contribution in [0, 0.1) is 0 Å². The van der Waals surface area contributed by atoms with Crippen LogP contribution in [0.5, 0.6) is 0 Å². The second-order valence-corrected chi connectivity index (χ2v) is 3.37. The van der Waals surface area contributed by atoms with Crippen molar-refractivity contribution in [3.05, 3.63) is 34.2 Å². The second-order valence-electron chi connectivity index (χ2n) is 2.68. The summed E-state index contributed by atoms with van der Waals surface area (Å²) in [7, 11) is 0. The molecule has 0 N–H and O–H groups in total. The van der Waals surface area contributed by atoms with Gasteiger partial charge in [0, 0.05) is 10.9 Å². The summed E-state index contributed by atoms with van der Waals surface area (Å²) in [4.78, 5) is 18.3. The van der Waals surface area contributed by atoms with Crippen molar-refractivity contribution in [2.24, 2.45) is 0 Å². The molecule has 0 amide bonds. The molecule has 0 bridgehead atoms. The lowest BCUT2D eigenvalue weighted by atomic mass is 10.2. The summed E-state index contributed by atoms with van der Waals surface area (Å²) in [6.07, 6.45) is 0.739. The lowest BCUT2D eigenvalue weighted by Crippen LogP contribution is -1.88. The lowest BCUT2D eigenvalue weighted by molar-refractivity contribution is 0.112. The molecule has 0 atom stereocenters. The Labute approximate surface area is 89.7 Å². The number of carbonyl (C=O) groups is 1. The summed E-state index contributed by atoms with van der Waals surface area (Å²) < 4.78 is 0. The van der Waals surface area contributed by atoms with Crippen LogP contribution in [0.4, 0.5) is 0 Å². The quantitative estimate of drug-likeness (QED) is 0.427. The molecule has 0 saturated carbocycles. The Morgan fingerprint density at radius 2 is 2.00 bits per heavy atom. The van der Waals surface area contributed by atoms with Gasteiger partial charge in [-0.2, -0.15) is 0 Å². The van der Waals surface area contributed by atoms with Gasteiger partial charge in [0.2, 0.25) is 5.28 Å². The highest BCUT2D eigenvalue weighted by Crippen LogP contribution is 2.22. The van der Waals surface area contributed by atoms with E-state index in [9.17, 15) is 4.79 Å². The monoisotopic (exact) mass is 226 g/mol. The zero-order valence-electron chi connectivity index (χ0n) is 6.87. The third kappa shape index (κ3) is 1.56. The Bertz CT molecular complexity index is 513. The molecule has 1 aromatic carbocycles. The average Bonchev–Trinajstić information content (AvgIpc) is 2.16. The van der Waals surface area contributed by atoms with Gasteiger partial charge < -0.3 is 0 Å². The highest BCUT2D eigenvalue weighted by molar-refractivity contribution is 6.35. The predicted octanol–water partition coefficient (Wildman–Crippen LogP) is 2.75. The maximum atomic E-state index is 10.5. The summed E-state index contributed by atoms with van der Waals surface area (Å²) in [5, 5.41) is 1.05. The van der Waals surface area contributed by atoms with Gasteiger partial charge in [-0.05, 0) is 23.7 Å².